The molecule has 0 aromatic heterocycles. The van der Waals surface area contributed by atoms with Gasteiger partial charge < -0.3 is 10.2 Å². The summed E-state index contributed by atoms with van der Waals surface area (Å²) in [6.45, 7) is 13.5. The van der Waals surface area contributed by atoms with E-state index in [9.17, 15) is 9.59 Å². The maximum absolute atomic E-state index is 12.2. The summed E-state index contributed by atoms with van der Waals surface area (Å²) in [6, 6.07) is 0.213. The molecule has 5 nitrogen and oxygen atoms in total. The van der Waals surface area contributed by atoms with Gasteiger partial charge in [0.25, 0.3) is 0 Å². The summed E-state index contributed by atoms with van der Waals surface area (Å²) in [6.07, 6.45) is 1.72. The van der Waals surface area contributed by atoms with Crippen LogP contribution in [0.1, 0.15) is 47.5 Å². The first-order valence-corrected chi connectivity index (χ1v) is 7.93. The lowest BCUT2D eigenvalue weighted by Gasteiger charge is -2.61. The van der Waals surface area contributed by atoms with Crippen molar-refractivity contribution in [1.82, 2.24) is 15.1 Å². The molecule has 1 N–H and O–H groups in total. The quantitative estimate of drug-likeness (QED) is 0.852. The van der Waals surface area contributed by atoms with Gasteiger partial charge in [0.15, 0.2) is 0 Å². The highest BCUT2D eigenvalue weighted by Crippen LogP contribution is 2.45. The molecule has 0 radical (unpaired) electrons. The van der Waals surface area contributed by atoms with E-state index in [0.29, 0.717) is 6.54 Å². The number of nitrogens with one attached hydrogen (secondary N) is 1. The average molecular weight is 295 g/mol. The Balaban J connectivity index is 1.76. The van der Waals surface area contributed by atoms with Crippen molar-refractivity contribution in [3.63, 3.8) is 0 Å². The Morgan fingerprint density at radius 1 is 1.14 bits per heavy atom. The second kappa shape index (κ2) is 5.59. The van der Waals surface area contributed by atoms with Crippen LogP contribution in [0.25, 0.3) is 0 Å². The Morgan fingerprint density at radius 3 is 2.14 bits per heavy atom. The largest absolute Gasteiger partial charge is 0.352 e. The predicted octanol–water partition coefficient (Wildman–Crippen LogP) is 1.23. The van der Waals surface area contributed by atoms with Gasteiger partial charge in [0, 0.05) is 38.1 Å². The lowest BCUT2D eigenvalue weighted by molar-refractivity contribution is -0.143. The molecule has 21 heavy (non-hydrogen) atoms. The average Bonchev–Trinajstić information content (AvgIpc) is 2.38. The van der Waals surface area contributed by atoms with Gasteiger partial charge in [-0.25, -0.2) is 0 Å². The van der Waals surface area contributed by atoms with E-state index in [1.54, 1.807) is 6.92 Å². The summed E-state index contributed by atoms with van der Waals surface area (Å²) in [5.74, 6) is 0.240. The summed E-state index contributed by atoms with van der Waals surface area (Å²) in [5, 5.41) is 3.12. The van der Waals surface area contributed by atoms with Gasteiger partial charge in [-0.1, -0.05) is 13.8 Å². The number of hydrogen-bond acceptors (Lipinski definition) is 3. The highest BCUT2D eigenvalue weighted by atomic mass is 16.2. The molecule has 2 heterocycles. The predicted molar refractivity (Wildman–Crippen MR) is 82.9 cm³/mol. The maximum Gasteiger partial charge on any atom is 0.234 e. The van der Waals surface area contributed by atoms with Crippen LogP contribution in [0.15, 0.2) is 0 Å². The molecular weight excluding hydrogens is 266 g/mol. The van der Waals surface area contributed by atoms with Gasteiger partial charge >= 0.3 is 0 Å². The minimum atomic E-state index is 0.0718. The van der Waals surface area contributed by atoms with E-state index in [1.165, 1.54) is 0 Å². The second-order valence-corrected chi connectivity index (χ2v) is 7.65. The van der Waals surface area contributed by atoms with Crippen LogP contribution in [0, 0.1) is 5.41 Å². The van der Waals surface area contributed by atoms with Crippen molar-refractivity contribution in [3.05, 3.63) is 0 Å². The molecule has 0 atom stereocenters. The van der Waals surface area contributed by atoms with E-state index in [0.717, 1.165) is 32.5 Å². The third-order valence-corrected chi connectivity index (χ3v) is 5.67. The zero-order valence-corrected chi connectivity index (χ0v) is 14.0. The summed E-state index contributed by atoms with van der Waals surface area (Å²) in [4.78, 5) is 27.6. The van der Waals surface area contributed by atoms with Gasteiger partial charge in [-0.3, -0.25) is 14.5 Å². The van der Waals surface area contributed by atoms with Crippen LogP contribution < -0.4 is 5.32 Å². The van der Waals surface area contributed by atoms with E-state index in [4.69, 9.17) is 0 Å². The highest BCUT2D eigenvalue weighted by molar-refractivity contribution is 5.78. The normalized spacial score (nSPS) is 25.3. The number of amides is 2. The third kappa shape index (κ3) is 3.23. The number of rotatable bonds is 3. The molecule has 5 heteroatoms. The van der Waals surface area contributed by atoms with Crippen LogP contribution in [0.5, 0.6) is 0 Å². The summed E-state index contributed by atoms with van der Waals surface area (Å²) in [7, 11) is 0. The molecule has 2 aliphatic rings. The highest BCUT2D eigenvalue weighted by Gasteiger charge is 2.52. The van der Waals surface area contributed by atoms with Gasteiger partial charge in [-0.2, -0.15) is 0 Å². The van der Waals surface area contributed by atoms with E-state index < -0.39 is 0 Å². The van der Waals surface area contributed by atoms with Crippen molar-refractivity contribution < 1.29 is 9.59 Å². The molecule has 0 unspecified atom stereocenters. The fraction of sp³-hybridized carbons (Fsp3) is 0.875. The van der Waals surface area contributed by atoms with Crippen molar-refractivity contribution in [2.75, 3.05) is 26.2 Å². The van der Waals surface area contributed by atoms with Crippen molar-refractivity contribution in [2.24, 2.45) is 5.41 Å². The molecule has 0 aliphatic carbocycles. The van der Waals surface area contributed by atoms with Crippen LogP contribution in [0.2, 0.25) is 0 Å². The molecule has 0 aromatic rings. The molecule has 0 bridgehead atoms. The number of likely N-dealkylation sites (tertiary alicyclic amines) is 2. The molecule has 0 spiro atoms. The fourth-order valence-corrected chi connectivity index (χ4v) is 3.24. The lowest BCUT2D eigenvalue weighted by atomic mass is 9.65. The molecule has 2 aliphatic heterocycles. The molecular formula is C16H29N3O2. The second-order valence-electron chi connectivity index (χ2n) is 7.65. The molecule has 2 fully saturated rings. The van der Waals surface area contributed by atoms with E-state index in [-0.39, 0.29) is 28.8 Å². The first kappa shape index (κ1) is 16.3. The smallest absolute Gasteiger partial charge is 0.234 e. The van der Waals surface area contributed by atoms with Crippen LogP contribution in [-0.4, -0.2) is 59.4 Å². The maximum atomic E-state index is 12.2. The Hall–Kier alpha value is -1.10. The Kier molecular flexibility index (Phi) is 4.34. The van der Waals surface area contributed by atoms with Crippen molar-refractivity contribution in [1.29, 1.82) is 0 Å². The number of carbonyl (C=O) groups excluding carboxylic acids is 2. The monoisotopic (exact) mass is 295 g/mol. The van der Waals surface area contributed by atoms with E-state index in [1.807, 2.05) is 4.90 Å². The van der Waals surface area contributed by atoms with Gasteiger partial charge in [-0.15, -0.1) is 0 Å². The molecule has 120 valence electrons. The van der Waals surface area contributed by atoms with Crippen LogP contribution >= 0.6 is 0 Å². The third-order valence-electron chi connectivity index (χ3n) is 5.67. The number of carbonyl (C=O) groups is 2. The summed E-state index contributed by atoms with van der Waals surface area (Å²) < 4.78 is 0. The molecule has 0 aromatic carbocycles. The van der Waals surface area contributed by atoms with Crippen molar-refractivity contribution in [3.8, 4) is 0 Å². The Bertz CT molecular complexity index is 423. The SMILES string of the molecule is CC(=O)N1CCC(NC(=O)CN2CC(C)(C)C2(C)C)CC1. The van der Waals surface area contributed by atoms with Gasteiger partial charge in [-0.05, 0) is 32.1 Å². The fourth-order valence-electron chi connectivity index (χ4n) is 3.24. The molecule has 2 amide bonds. The van der Waals surface area contributed by atoms with Crippen molar-refractivity contribution >= 4 is 11.8 Å². The Morgan fingerprint density at radius 2 is 1.71 bits per heavy atom. The topological polar surface area (TPSA) is 52.7 Å². The summed E-state index contributed by atoms with van der Waals surface area (Å²) in [5.41, 5.74) is 0.336. The molecule has 0 saturated carbocycles. The first-order valence-electron chi connectivity index (χ1n) is 7.93. The summed E-state index contributed by atoms with van der Waals surface area (Å²) >= 11 is 0. The zero-order chi connectivity index (χ0) is 15.8. The minimum absolute atomic E-state index is 0.0718. The molecule has 2 rings (SSSR count). The first-order chi connectivity index (χ1) is 9.63. The Labute approximate surface area is 128 Å². The number of piperidine rings is 1. The lowest BCUT2D eigenvalue weighted by Crippen LogP contribution is -2.70. The number of nitrogens with zero attached hydrogens (tertiary/aromatic N) is 2. The van der Waals surface area contributed by atoms with Crippen molar-refractivity contribution in [2.45, 2.75) is 59.0 Å². The number of hydrogen-bond donors (Lipinski definition) is 1. The molecule has 2 saturated heterocycles. The van der Waals surface area contributed by atoms with E-state index >= 15 is 0 Å². The minimum Gasteiger partial charge on any atom is -0.352 e. The van der Waals surface area contributed by atoms with Crippen LogP contribution in [-0.2, 0) is 9.59 Å². The van der Waals surface area contributed by atoms with Gasteiger partial charge in [0.2, 0.25) is 11.8 Å². The van der Waals surface area contributed by atoms with Gasteiger partial charge in [0.05, 0.1) is 6.54 Å². The zero-order valence-electron chi connectivity index (χ0n) is 14.0. The van der Waals surface area contributed by atoms with E-state index in [2.05, 4.69) is 37.9 Å². The van der Waals surface area contributed by atoms with Crippen LogP contribution in [0.3, 0.4) is 0 Å². The van der Waals surface area contributed by atoms with Gasteiger partial charge in [0.1, 0.15) is 0 Å². The standard InChI is InChI=1S/C16H29N3O2/c1-12(20)18-8-6-13(7-9-18)17-14(21)10-19-11-15(2,3)16(19,4)5/h13H,6-11H2,1-5H3,(H,17,21). The van der Waals surface area contributed by atoms with Crippen LogP contribution in [0.4, 0.5) is 0 Å².